The van der Waals surface area contributed by atoms with Crippen LogP contribution in [0.4, 0.5) is 11.4 Å². The number of rotatable bonds is 8. The van der Waals surface area contributed by atoms with Crippen molar-refractivity contribution in [1.82, 2.24) is 0 Å². The van der Waals surface area contributed by atoms with Crippen molar-refractivity contribution >= 4 is 33.3 Å². The molecule has 0 saturated carbocycles. The summed E-state index contributed by atoms with van der Waals surface area (Å²) in [6.07, 6.45) is 0. The molecule has 0 atom stereocenters. The second-order valence-corrected chi connectivity index (χ2v) is 8.89. The van der Waals surface area contributed by atoms with Crippen LogP contribution in [0.25, 0.3) is 0 Å². The number of aromatic hydroxyl groups is 1. The maximum absolute atomic E-state index is 12.7. The summed E-state index contributed by atoms with van der Waals surface area (Å²) in [5.41, 5.74) is 0.248. The van der Waals surface area contributed by atoms with Crippen molar-refractivity contribution in [2.45, 2.75) is 4.90 Å². The monoisotopic (exact) mass is 500 g/mol. The normalized spacial score (nSPS) is 12.0. The standard InChI is InChI=1S/C23H20N2O9S/c1-31-16-5-2-14(3-6-16)25-35(29,30)17-7-8-19(26)18(11-17)23(28)32-12-22(27)24-15-4-9-20-21(10-15)34-13-33-20/h2-11,25-26H,12-13H2,1H3,(H,24,27). The van der Waals surface area contributed by atoms with Crippen LogP contribution >= 0.6 is 0 Å². The highest BCUT2D eigenvalue weighted by molar-refractivity contribution is 7.92. The third-order valence-corrected chi connectivity index (χ3v) is 6.21. The van der Waals surface area contributed by atoms with E-state index in [2.05, 4.69) is 10.0 Å². The molecule has 0 saturated heterocycles. The lowest BCUT2D eigenvalue weighted by Crippen LogP contribution is -2.21. The Balaban J connectivity index is 1.40. The number of sulfonamides is 1. The van der Waals surface area contributed by atoms with Gasteiger partial charge in [-0.1, -0.05) is 0 Å². The highest BCUT2D eigenvalue weighted by Gasteiger charge is 2.21. The van der Waals surface area contributed by atoms with Crippen LogP contribution in [0.5, 0.6) is 23.0 Å². The van der Waals surface area contributed by atoms with E-state index in [1.807, 2.05) is 0 Å². The molecule has 0 bridgehead atoms. The van der Waals surface area contributed by atoms with E-state index in [0.717, 1.165) is 18.2 Å². The number of carbonyl (C=O) groups is 2. The maximum Gasteiger partial charge on any atom is 0.342 e. The average molecular weight is 500 g/mol. The summed E-state index contributed by atoms with van der Waals surface area (Å²) in [5.74, 6) is -0.682. The first-order chi connectivity index (χ1) is 16.7. The van der Waals surface area contributed by atoms with Gasteiger partial charge in [0.25, 0.3) is 15.9 Å². The lowest BCUT2D eigenvalue weighted by Gasteiger charge is -2.11. The number of carbonyl (C=O) groups excluding carboxylic acids is 2. The minimum absolute atomic E-state index is 0.0816. The zero-order valence-electron chi connectivity index (χ0n) is 18.3. The van der Waals surface area contributed by atoms with Crippen LogP contribution in [0.2, 0.25) is 0 Å². The molecule has 12 heteroatoms. The lowest BCUT2D eigenvalue weighted by atomic mass is 10.2. The van der Waals surface area contributed by atoms with Gasteiger partial charge in [0.2, 0.25) is 6.79 Å². The Labute approximate surface area is 200 Å². The molecule has 0 fully saturated rings. The number of hydrogen-bond acceptors (Lipinski definition) is 9. The van der Waals surface area contributed by atoms with E-state index >= 15 is 0 Å². The number of benzene rings is 3. The molecule has 0 aliphatic carbocycles. The van der Waals surface area contributed by atoms with Gasteiger partial charge in [-0.15, -0.1) is 0 Å². The van der Waals surface area contributed by atoms with Crippen LogP contribution < -0.4 is 24.2 Å². The topological polar surface area (TPSA) is 149 Å². The molecular formula is C23H20N2O9S. The molecule has 0 unspecified atom stereocenters. The highest BCUT2D eigenvalue weighted by atomic mass is 32.2. The van der Waals surface area contributed by atoms with Crippen LogP contribution in [0, 0.1) is 0 Å². The Morgan fingerprint density at radius 2 is 1.69 bits per heavy atom. The summed E-state index contributed by atoms with van der Waals surface area (Å²) in [5, 5.41) is 12.6. The Bertz CT molecular complexity index is 1370. The predicted octanol–water partition coefficient (Wildman–Crippen LogP) is 2.73. The molecule has 0 aromatic heterocycles. The number of esters is 1. The van der Waals surface area contributed by atoms with Gasteiger partial charge in [0.15, 0.2) is 18.1 Å². The van der Waals surface area contributed by atoms with Gasteiger partial charge in [0.1, 0.15) is 17.1 Å². The van der Waals surface area contributed by atoms with Gasteiger partial charge in [-0.05, 0) is 54.6 Å². The molecule has 0 spiro atoms. The molecule has 35 heavy (non-hydrogen) atoms. The summed E-state index contributed by atoms with van der Waals surface area (Å²) in [6, 6.07) is 14.1. The van der Waals surface area contributed by atoms with E-state index in [-0.39, 0.29) is 17.4 Å². The van der Waals surface area contributed by atoms with E-state index in [9.17, 15) is 23.1 Å². The van der Waals surface area contributed by atoms with Crippen molar-refractivity contribution in [2.24, 2.45) is 0 Å². The third-order valence-electron chi connectivity index (χ3n) is 4.83. The summed E-state index contributed by atoms with van der Waals surface area (Å²) in [4.78, 5) is 24.3. The molecule has 182 valence electrons. The number of methoxy groups -OCH3 is 1. The number of anilines is 2. The number of phenolic OH excluding ortho intramolecular Hbond substituents is 1. The summed E-state index contributed by atoms with van der Waals surface area (Å²) < 4.78 is 48.2. The summed E-state index contributed by atoms with van der Waals surface area (Å²) in [7, 11) is -2.61. The zero-order valence-corrected chi connectivity index (χ0v) is 19.1. The first-order valence-corrected chi connectivity index (χ1v) is 11.6. The van der Waals surface area contributed by atoms with Gasteiger partial charge in [-0.25, -0.2) is 13.2 Å². The van der Waals surface area contributed by atoms with Crippen LogP contribution in [-0.4, -0.2) is 45.9 Å². The molecule has 1 aliphatic rings. The van der Waals surface area contributed by atoms with Gasteiger partial charge in [0, 0.05) is 17.4 Å². The SMILES string of the molecule is COc1ccc(NS(=O)(=O)c2ccc(O)c(C(=O)OCC(=O)Nc3ccc4c(c3)OCO4)c2)cc1. The Morgan fingerprint density at radius 3 is 2.43 bits per heavy atom. The second-order valence-electron chi connectivity index (χ2n) is 7.21. The number of fused-ring (bicyclic) bond motifs is 1. The van der Waals surface area contributed by atoms with E-state index in [0.29, 0.717) is 22.9 Å². The van der Waals surface area contributed by atoms with Crippen molar-refractivity contribution in [3.05, 3.63) is 66.2 Å². The van der Waals surface area contributed by atoms with Crippen LogP contribution in [0.1, 0.15) is 10.4 Å². The van der Waals surface area contributed by atoms with Crippen molar-refractivity contribution in [3.8, 4) is 23.0 Å². The third kappa shape index (κ3) is 5.55. The van der Waals surface area contributed by atoms with Crippen LogP contribution in [0.3, 0.4) is 0 Å². The van der Waals surface area contributed by atoms with E-state index in [1.54, 1.807) is 30.3 Å². The number of nitrogens with one attached hydrogen (secondary N) is 2. The Morgan fingerprint density at radius 1 is 0.971 bits per heavy atom. The van der Waals surface area contributed by atoms with E-state index < -0.39 is 39.8 Å². The molecule has 1 heterocycles. The van der Waals surface area contributed by atoms with E-state index in [1.165, 1.54) is 19.2 Å². The van der Waals surface area contributed by atoms with Gasteiger partial charge < -0.3 is 29.4 Å². The van der Waals surface area contributed by atoms with Gasteiger partial charge >= 0.3 is 5.97 Å². The van der Waals surface area contributed by atoms with Crippen molar-refractivity contribution < 1.29 is 42.1 Å². The van der Waals surface area contributed by atoms with Crippen molar-refractivity contribution in [3.63, 3.8) is 0 Å². The highest BCUT2D eigenvalue weighted by Crippen LogP contribution is 2.34. The number of phenols is 1. The van der Waals surface area contributed by atoms with E-state index in [4.69, 9.17) is 18.9 Å². The molecular weight excluding hydrogens is 480 g/mol. The fourth-order valence-electron chi connectivity index (χ4n) is 3.10. The molecule has 3 aromatic rings. The van der Waals surface area contributed by atoms with Crippen molar-refractivity contribution in [2.75, 3.05) is 30.5 Å². The molecule has 0 radical (unpaired) electrons. The largest absolute Gasteiger partial charge is 0.507 e. The summed E-state index contributed by atoms with van der Waals surface area (Å²) in [6.45, 7) is -0.591. The van der Waals surface area contributed by atoms with Crippen LogP contribution in [0.15, 0.2) is 65.6 Å². The first kappa shape index (κ1) is 23.7. The molecule has 1 aliphatic heterocycles. The Kier molecular flexibility index (Phi) is 6.64. The predicted molar refractivity (Wildman–Crippen MR) is 123 cm³/mol. The summed E-state index contributed by atoms with van der Waals surface area (Å²) >= 11 is 0. The number of amides is 1. The zero-order chi connectivity index (χ0) is 25.0. The van der Waals surface area contributed by atoms with Gasteiger partial charge in [0.05, 0.1) is 12.0 Å². The minimum Gasteiger partial charge on any atom is -0.507 e. The maximum atomic E-state index is 12.7. The lowest BCUT2D eigenvalue weighted by molar-refractivity contribution is -0.119. The minimum atomic E-state index is -4.09. The average Bonchev–Trinajstić information content (AvgIpc) is 3.31. The smallest absolute Gasteiger partial charge is 0.342 e. The fraction of sp³-hybridized carbons (Fsp3) is 0.130. The van der Waals surface area contributed by atoms with Gasteiger partial charge in [-0.3, -0.25) is 9.52 Å². The Hall–Kier alpha value is -4.45. The molecule has 1 amide bonds. The van der Waals surface area contributed by atoms with Gasteiger partial charge in [-0.2, -0.15) is 0 Å². The fourth-order valence-corrected chi connectivity index (χ4v) is 4.18. The quantitative estimate of drug-likeness (QED) is 0.397. The van der Waals surface area contributed by atoms with Crippen LogP contribution in [-0.2, 0) is 19.6 Å². The first-order valence-electron chi connectivity index (χ1n) is 10.1. The number of hydrogen-bond donors (Lipinski definition) is 3. The second kappa shape index (κ2) is 9.81. The molecule has 3 N–H and O–H groups in total. The van der Waals surface area contributed by atoms with Crippen molar-refractivity contribution in [1.29, 1.82) is 0 Å². The molecule has 4 rings (SSSR count). The number of ether oxygens (including phenoxy) is 4. The molecule has 11 nitrogen and oxygen atoms in total. The molecule has 3 aromatic carbocycles.